The number of halogens is 1. The van der Waals surface area contributed by atoms with Crippen LogP contribution in [0.1, 0.15) is 15.9 Å². The summed E-state index contributed by atoms with van der Waals surface area (Å²) in [5.41, 5.74) is 3.06. The van der Waals surface area contributed by atoms with Gasteiger partial charge in [-0.3, -0.25) is 4.79 Å². The zero-order valence-corrected chi connectivity index (χ0v) is 13.6. The standard InChI is InChI=1S/C19H21FN2O/c1-14-3-4-17(13-18(14)20)15-5-7-16(8-6-15)19(23)22-11-9-21(2)10-12-22/h3-8,13H,9-12H2,1-2H3. The average Bonchev–Trinajstić information content (AvgIpc) is 2.57. The Kier molecular flexibility index (Phi) is 4.44. The van der Waals surface area contributed by atoms with Crippen LogP contribution >= 0.6 is 0 Å². The highest BCUT2D eigenvalue weighted by molar-refractivity contribution is 5.94. The van der Waals surface area contributed by atoms with E-state index >= 15 is 0 Å². The molecule has 0 spiro atoms. The molecule has 23 heavy (non-hydrogen) atoms. The predicted octanol–water partition coefficient (Wildman–Crippen LogP) is 3.19. The molecule has 2 aromatic carbocycles. The van der Waals surface area contributed by atoms with Gasteiger partial charge in [0, 0.05) is 31.7 Å². The fraction of sp³-hybridized carbons (Fsp3) is 0.316. The summed E-state index contributed by atoms with van der Waals surface area (Å²) in [5, 5.41) is 0. The van der Waals surface area contributed by atoms with Crippen LogP contribution in [0.5, 0.6) is 0 Å². The van der Waals surface area contributed by atoms with Gasteiger partial charge < -0.3 is 9.80 Å². The molecule has 1 aliphatic rings. The van der Waals surface area contributed by atoms with Gasteiger partial charge in [-0.15, -0.1) is 0 Å². The van der Waals surface area contributed by atoms with Gasteiger partial charge in [-0.2, -0.15) is 0 Å². The Labute approximate surface area is 136 Å². The Hall–Kier alpha value is -2.20. The third-order valence-corrected chi connectivity index (χ3v) is 4.43. The lowest BCUT2D eigenvalue weighted by Gasteiger charge is -2.32. The van der Waals surface area contributed by atoms with Crippen LogP contribution in [-0.4, -0.2) is 48.9 Å². The number of hydrogen-bond acceptors (Lipinski definition) is 2. The number of benzene rings is 2. The summed E-state index contributed by atoms with van der Waals surface area (Å²) in [4.78, 5) is 16.6. The maximum absolute atomic E-state index is 13.7. The first kappa shape index (κ1) is 15.7. The molecule has 120 valence electrons. The average molecular weight is 312 g/mol. The second kappa shape index (κ2) is 6.50. The summed E-state index contributed by atoms with van der Waals surface area (Å²) in [5.74, 6) is -0.139. The number of rotatable bonds is 2. The largest absolute Gasteiger partial charge is 0.336 e. The molecule has 1 aliphatic heterocycles. The SMILES string of the molecule is Cc1ccc(-c2ccc(C(=O)N3CCN(C)CC3)cc2)cc1F. The molecular formula is C19H21FN2O. The molecule has 1 heterocycles. The van der Waals surface area contributed by atoms with Crippen molar-refractivity contribution >= 4 is 5.91 Å². The molecule has 3 nitrogen and oxygen atoms in total. The molecule has 0 saturated carbocycles. The van der Waals surface area contributed by atoms with Gasteiger partial charge in [-0.25, -0.2) is 4.39 Å². The van der Waals surface area contributed by atoms with E-state index in [0.717, 1.165) is 37.3 Å². The maximum Gasteiger partial charge on any atom is 0.253 e. The zero-order chi connectivity index (χ0) is 16.4. The van der Waals surface area contributed by atoms with Gasteiger partial charge in [0.25, 0.3) is 5.91 Å². The van der Waals surface area contributed by atoms with Crippen molar-refractivity contribution in [3.05, 3.63) is 59.4 Å². The number of hydrogen-bond donors (Lipinski definition) is 0. The number of aryl methyl sites for hydroxylation is 1. The smallest absolute Gasteiger partial charge is 0.253 e. The van der Waals surface area contributed by atoms with E-state index < -0.39 is 0 Å². The Morgan fingerprint density at radius 3 is 2.17 bits per heavy atom. The van der Waals surface area contributed by atoms with Gasteiger partial charge in [-0.05, 0) is 48.9 Å². The molecule has 1 fully saturated rings. The highest BCUT2D eigenvalue weighted by Gasteiger charge is 2.20. The van der Waals surface area contributed by atoms with Crippen LogP contribution in [0.4, 0.5) is 4.39 Å². The summed E-state index contributed by atoms with van der Waals surface area (Å²) in [7, 11) is 2.07. The quantitative estimate of drug-likeness (QED) is 0.850. The van der Waals surface area contributed by atoms with Crippen molar-refractivity contribution in [2.75, 3.05) is 33.2 Å². The second-order valence-electron chi connectivity index (χ2n) is 6.14. The van der Waals surface area contributed by atoms with E-state index in [1.54, 1.807) is 13.0 Å². The van der Waals surface area contributed by atoms with Crippen molar-refractivity contribution in [3.8, 4) is 11.1 Å². The number of nitrogens with zero attached hydrogens (tertiary/aromatic N) is 2. The van der Waals surface area contributed by atoms with Crippen molar-refractivity contribution in [3.63, 3.8) is 0 Å². The molecule has 3 rings (SSSR count). The predicted molar refractivity (Wildman–Crippen MR) is 90.0 cm³/mol. The number of likely N-dealkylation sites (N-methyl/N-ethyl adjacent to an activating group) is 1. The normalized spacial score (nSPS) is 15.7. The number of amides is 1. The summed E-state index contributed by atoms with van der Waals surface area (Å²) >= 11 is 0. The molecule has 1 saturated heterocycles. The highest BCUT2D eigenvalue weighted by Crippen LogP contribution is 2.22. The molecule has 0 aliphatic carbocycles. The molecular weight excluding hydrogens is 291 g/mol. The van der Waals surface area contributed by atoms with E-state index in [0.29, 0.717) is 11.1 Å². The van der Waals surface area contributed by atoms with Crippen LogP contribution in [0, 0.1) is 12.7 Å². The molecule has 0 N–H and O–H groups in total. The van der Waals surface area contributed by atoms with Gasteiger partial charge >= 0.3 is 0 Å². The first-order chi connectivity index (χ1) is 11.0. The van der Waals surface area contributed by atoms with Crippen molar-refractivity contribution in [1.82, 2.24) is 9.80 Å². The van der Waals surface area contributed by atoms with E-state index in [1.165, 1.54) is 6.07 Å². The van der Waals surface area contributed by atoms with Crippen LogP contribution < -0.4 is 0 Å². The van der Waals surface area contributed by atoms with Crippen molar-refractivity contribution in [2.45, 2.75) is 6.92 Å². The highest BCUT2D eigenvalue weighted by atomic mass is 19.1. The first-order valence-corrected chi connectivity index (χ1v) is 7.89. The Morgan fingerprint density at radius 1 is 0.957 bits per heavy atom. The molecule has 2 aromatic rings. The number of piperazine rings is 1. The van der Waals surface area contributed by atoms with Gasteiger partial charge in [0.05, 0.1) is 0 Å². The summed E-state index contributed by atoms with van der Waals surface area (Å²) in [6.45, 7) is 5.09. The maximum atomic E-state index is 13.7. The minimum absolute atomic E-state index is 0.0692. The lowest BCUT2D eigenvalue weighted by atomic mass is 10.0. The van der Waals surface area contributed by atoms with E-state index in [-0.39, 0.29) is 11.7 Å². The third kappa shape index (κ3) is 3.42. The molecule has 4 heteroatoms. The molecule has 1 amide bonds. The second-order valence-corrected chi connectivity index (χ2v) is 6.14. The van der Waals surface area contributed by atoms with E-state index in [4.69, 9.17) is 0 Å². The Balaban J connectivity index is 1.76. The van der Waals surface area contributed by atoms with E-state index in [2.05, 4.69) is 11.9 Å². The fourth-order valence-electron chi connectivity index (χ4n) is 2.77. The lowest BCUT2D eigenvalue weighted by Crippen LogP contribution is -2.47. The van der Waals surface area contributed by atoms with Crippen molar-refractivity contribution < 1.29 is 9.18 Å². The summed E-state index contributed by atoms with van der Waals surface area (Å²) in [6.07, 6.45) is 0. The minimum atomic E-state index is -0.208. The topological polar surface area (TPSA) is 23.6 Å². The van der Waals surface area contributed by atoms with E-state index in [1.807, 2.05) is 35.2 Å². The van der Waals surface area contributed by atoms with Gasteiger partial charge in [0.15, 0.2) is 0 Å². The first-order valence-electron chi connectivity index (χ1n) is 7.89. The lowest BCUT2D eigenvalue weighted by molar-refractivity contribution is 0.0664. The monoisotopic (exact) mass is 312 g/mol. The van der Waals surface area contributed by atoms with Crippen LogP contribution in [0.15, 0.2) is 42.5 Å². The van der Waals surface area contributed by atoms with Crippen molar-refractivity contribution in [2.24, 2.45) is 0 Å². The zero-order valence-electron chi connectivity index (χ0n) is 13.6. The number of carbonyl (C=O) groups is 1. The van der Waals surface area contributed by atoms with Crippen LogP contribution in [0.25, 0.3) is 11.1 Å². The molecule has 0 aromatic heterocycles. The summed E-state index contributed by atoms with van der Waals surface area (Å²) in [6, 6.07) is 12.6. The Bertz CT molecular complexity index is 704. The van der Waals surface area contributed by atoms with Gasteiger partial charge in [0.1, 0.15) is 5.82 Å². The molecule has 0 bridgehead atoms. The molecule has 0 unspecified atom stereocenters. The van der Waals surface area contributed by atoms with Crippen LogP contribution in [-0.2, 0) is 0 Å². The molecule has 0 atom stereocenters. The van der Waals surface area contributed by atoms with Crippen molar-refractivity contribution in [1.29, 1.82) is 0 Å². The number of carbonyl (C=O) groups excluding carboxylic acids is 1. The molecule has 0 radical (unpaired) electrons. The van der Waals surface area contributed by atoms with Crippen LogP contribution in [0.2, 0.25) is 0 Å². The third-order valence-electron chi connectivity index (χ3n) is 4.43. The van der Waals surface area contributed by atoms with Crippen LogP contribution in [0.3, 0.4) is 0 Å². The Morgan fingerprint density at radius 2 is 1.57 bits per heavy atom. The minimum Gasteiger partial charge on any atom is -0.336 e. The fourth-order valence-corrected chi connectivity index (χ4v) is 2.77. The van der Waals surface area contributed by atoms with E-state index in [9.17, 15) is 9.18 Å². The van der Waals surface area contributed by atoms with Gasteiger partial charge in [0.2, 0.25) is 0 Å². The van der Waals surface area contributed by atoms with Gasteiger partial charge in [-0.1, -0.05) is 24.3 Å². The summed E-state index contributed by atoms with van der Waals surface area (Å²) < 4.78 is 13.7.